The first kappa shape index (κ1) is 17.7. The van der Waals surface area contributed by atoms with Crippen LogP contribution >= 0.6 is 0 Å². The Hall–Kier alpha value is -3.71. The number of benzene rings is 3. The molecule has 0 aliphatic heterocycles. The van der Waals surface area contributed by atoms with Gasteiger partial charge in [-0.05, 0) is 53.6 Å². The smallest absolute Gasteiger partial charge is 0.274 e. The summed E-state index contributed by atoms with van der Waals surface area (Å²) in [6.07, 6.45) is 0. The lowest BCUT2D eigenvalue weighted by molar-refractivity contribution is 0.0706. The van der Waals surface area contributed by atoms with Gasteiger partial charge in [0.15, 0.2) is 5.58 Å². The van der Waals surface area contributed by atoms with Gasteiger partial charge >= 0.3 is 0 Å². The highest BCUT2D eigenvalue weighted by molar-refractivity contribution is 5.96. The lowest BCUT2D eigenvalue weighted by Crippen LogP contribution is -2.18. The van der Waals surface area contributed by atoms with Crippen molar-refractivity contribution in [2.45, 2.75) is 0 Å². The third-order valence-corrected chi connectivity index (χ3v) is 4.36. The fourth-order valence-electron chi connectivity index (χ4n) is 2.94. The Balaban J connectivity index is 1.75. The number of rotatable bonds is 4. The van der Waals surface area contributed by atoms with Crippen molar-refractivity contribution in [1.82, 2.24) is 10.5 Å². The number of halogens is 1. The van der Waals surface area contributed by atoms with Crippen LogP contribution in [-0.2, 0) is 0 Å². The van der Waals surface area contributed by atoms with Crippen LogP contribution in [0.2, 0.25) is 0 Å². The van der Waals surface area contributed by atoms with E-state index in [1.807, 2.05) is 18.2 Å². The van der Waals surface area contributed by atoms with Crippen LogP contribution < -0.4 is 10.2 Å². The minimum atomic E-state index is -0.632. The molecule has 1 heterocycles. The maximum atomic E-state index is 13.2. The number of amides is 1. The molecule has 4 rings (SSSR count). The van der Waals surface area contributed by atoms with Crippen LogP contribution in [0.15, 0.2) is 65.1 Å². The first-order valence-corrected chi connectivity index (χ1v) is 8.38. The van der Waals surface area contributed by atoms with Crippen LogP contribution in [0.5, 0.6) is 5.75 Å². The van der Waals surface area contributed by atoms with Gasteiger partial charge in [-0.2, -0.15) is 0 Å². The molecule has 0 fully saturated rings. The number of ether oxygens (including phenoxy) is 1. The van der Waals surface area contributed by atoms with Crippen LogP contribution in [0.4, 0.5) is 4.39 Å². The highest BCUT2D eigenvalue weighted by atomic mass is 19.1. The average molecular weight is 378 g/mol. The second-order valence-corrected chi connectivity index (χ2v) is 6.06. The Morgan fingerprint density at radius 1 is 1.07 bits per heavy atom. The van der Waals surface area contributed by atoms with E-state index < -0.39 is 5.91 Å². The summed E-state index contributed by atoms with van der Waals surface area (Å²) in [5, 5.41) is 8.77. The Labute approximate surface area is 159 Å². The molecule has 0 unspecified atom stereocenters. The van der Waals surface area contributed by atoms with E-state index in [4.69, 9.17) is 14.4 Å². The van der Waals surface area contributed by atoms with Gasteiger partial charge in [-0.15, -0.1) is 0 Å². The number of oxazole rings is 1. The van der Waals surface area contributed by atoms with Crippen molar-refractivity contribution in [3.8, 4) is 28.3 Å². The van der Waals surface area contributed by atoms with E-state index in [1.54, 1.807) is 30.8 Å². The minimum Gasteiger partial charge on any atom is -0.496 e. The summed E-state index contributed by atoms with van der Waals surface area (Å²) in [4.78, 5) is 16.0. The Bertz CT molecular complexity index is 1170. The van der Waals surface area contributed by atoms with Gasteiger partial charge in [-0.25, -0.2) is 14.9 Å². The normalized spacial score (nSPS) is 10.8. The number of nitrogens with one attached hydrogen (secondary N) is 1. The molecule has 0 saturated carbocycles. The summed E-state index contributed by atoms with van der Waals surface area (Å²) >= 11 is 0. The van der Waals surface area contributed by atoms with Gasteiger partial charge in [0, 0.05) is 5.56 Å². The molecule has 0 radical (unpaired) electrons. The number of aromatic nitrogens is 1. The molecular formula is C21H15FN2O4. The van der Waals surface area contributed by atoms with Crippen LogP contribution in [0.1, 0.15) is 10.4 Å². The van der Waals surface area contributed by atoms with Gasteiger partial charge in [0.2, 0.25) is 5.89 Å². The summed E-state index contributed by atoms with van der Waals surface area (Å²) in [6, 6.07) is 16.3. The second kappa shape index (κ2) is 7.13. The van der Waals surface area contributed by atoms with Gasteiger partial charge in [-0.1, -0.05) is 18.2 Å². The molecule has 4 aromatic rings. The first-order valence-electron chi connectivity index (χ1n) is 8.38. The predicted molar refractivity (Wildman–Crippen MR) is 101 cm³/mol. The van der Waals surface area contributed by atoms with Crippen LogP contribution in [0.3, 0.4) is 0 Å². The molecule has 6 nitrogen and oxygen atoms in total. The third-order valence-electron chi connectivity index (χ3n) is 4.36. The standard InChI is InChI=1S/C21H15FN2O4/c1-27-19-11-13(12-2-6-15(22)7-3-12)4-8-16(19)21-23-17-10-14(20(25)24-26)5-9-18(17)28-21/h2-11,26H,1H3,(H,24,25). The van der Waals surface area contributed by atoms with Crippen molar-refractivity contribution in [3.63, 3.8) is 0 Å². The molecule has 0 saturated heterocycles. The molecule has 0 spiro atoms. The van der Waals surface area contributed by atoms with Gasteiger partial charge < -0.3 is 9.15 Å². The van der Waals surface area contributed by atoms with Gasteiger partial charge in [0.25, 0.3) is 5.91 Å². The van der Waals surface area contributed by atoms with Crippen molar-refractivity contribution in [2.75, 3.05) is 7.11 Å². The maximum absolute atomic E-state index is 13.2. The molecule has 28 heavy (non-hydrogen) atoms. The molecule has 140 valence electrons. The van der Waals surface area contributed by atoms with E-state index in [1.165, 1.54) is 24.3 Å². The Kier molecular flexibility index (Phi) is 4.50. The predicted octanol–water partition coefficient (Wildman–Crippen LogP) is 4.43. The molecule has 7 heteroatoms. The minimum absolute atomic E-state index is 0.258. The van der Waals surface area contributed by atoms with E-state index in [2.05, 4.69) is 4.98 Å². The number of carbonyl (C=O) groups excluding carboxylic acids is 1. The van der Waals surface area contributed by atoms with Crippen molar-refractivity contribution < 1.29 is 23.5 Å². The number of fused-ring (bicyclic) bond motifs is 1. The fourth-order valence-corrected chi connectivity index (χ4v) is 2.94. The first-order chi connectivity index (χ1) is 13.6. The lowest BCUT2D eigenvalue weighted by atomic mass is 10.0. The molecule has 3 aromatic carbocycles. The molecule has 1 amide bonds. The van der Waals surface area contributed by atoms with E-state index in [0.29, 0.717) is 28.3 Å². The second-order valence-electron chi connectivity index (χ2n) is 6.06. The summed E-state index contributed by atoms with van der Waals surface area (Å²) in [6.45, 7) is 0. The van der Waals surface area contributed by atoms with Crippen molar-refractivity contribution in [1.29, 1.82) is 0 Å². The highest BCUT2D eigenvalue weighted by Gasteiger charge is 2.16. The number of nitrogens with zero attached hydrogens (tertiary/aromatic N) is 1. The lowest BCUT2D eigenvalue weighted by Gasteiger charge is -2.09. The van der Waals surface area contributed by atoms with Crippen molar-refractivity contribution in [2.24, 2.45) is 0 Å². The zero-order valence-corrected chi connectivity index (χ0v) is 14.8. The molecule has 0 bridgehead atoms. The van der Waals surface area contributed by atoms with Crippen molar-refractivity contribution >= 4 is 17.0 Å². The van der Waals surface area contributed by atoms with E-state index in [9.17, 15) is 9.18 Å². The van der Waals surface area contributed by atoms with Crippen LogP contribution in [0.25, 0.3) is 33.7 Å². The molecule has 2 N–H and O–H groups in total. The summed E-state index contributed by atoms with van der Waals surface area (Å²) in [7, 11) is 1.54. The number of hydrogen-bond acceptors (Lipinski definition) is 5. The van der Waals surface area contributed by atoms with Crippen molar-refractivity contribution in [3.05, 3.63) is 72.0 Å². The van der Waals surface area contributed by atoms with Crippen LogP contribution in [-0.4, -0.2) is 23.2 Å². The quantitative estimate of drug-likeness (QED) is 0.405. The third kappa shape index (κ3) is 3.19. The Morgan fingerprint density at radius 3 is 2.54 bits per heavy atom. The summed E-state index contributed by atoms with van der Waals surface area (Å²) < 4.78 is 24.4. The fraction of sp³-hybridized carbons (Fsp3) is 0.0476. The average Bonchev–Trinajstić information content (AvgIpc) is 3.16. The largest absolute Gasteiger partial charge is 0.496 e. The highest BCUT2D eigenvalue weighted by Crippen LogP contribution is 2.35. The monoisotopic (exact) mass is 378 g/mol. The van der Waals surface area contributed by atoms with E-state index >= 15 is 0 Å². The molecular weight excluding hydrogens is 363 g/mol. The summed E-state index contributed by atoms with van der Waals surface area (Å²) in [5.41, 5.74) is 5.16. The number of carbonyl (C=O) groups is 1. The van der Waals surface area contributed by atoms with E-state index in [0.717, 1.165) is 11.1 Å². The van der Waals surface area contributed by atoms with Gasteiger partial charge in [0.1, 0.15) is 17.1 Å². The van der Waals surface area contributed by atoms with Gasteiger partial charge in [-0.3, -0.25) is 10.0 Å². The molecule has 0 aliphatic carbocycles. The van der Waals surface area contributed by atoms with E-state index in [-0.39, 0.29) is 11.4 Å². The number of hydroxylamine groups is 1. The molecule has 0 aliphatic rings. The van der Waals surface area contributed by atoms with Gasteiger partial charge in [0.05, 0.1) is 12.7 Å². The SMILES string of the molecule is COc1cc(-c2ccc(F)cc2)ccc1-c1nc2cc(C(=O)NO)ccc2o1. The zero-order chi connectivity index (χ0) is 19.7. The zero-order valence-electron chi connectivity index (χ0n) is 14.8. The topological polar surface area (TPSA) is 84.6 Å². The number of methoxy groups -OCH3 is 1. The van der Waals surface area contributed by atoms with Crippen LogP contribution in [0, 0.1) is 5.82 Å². The Morgan fingerprint density at radius 2 is 1.82 bits per heavy atom. The summed E-state index contributed by atoms with van der Waals surface area (Å²) in [5.74, 6) is -0.0542. The molecule has 0 atom stereocenters. The number of hydrogen-bond donors (Lipinski definition) is 2. The maximum Gasteiger partial charge on any atom is 0.274 e. The molecule has 1 aromatic heterocycles.